The molecule has 0 heterocycles. The summed E-state index contributed by atoms with van der Waals surface area (Å²) >= 11 is 0. The molecule has 0 aliphatic heterocycles. The average Bonchev–Trinajstić information content (AvgIpc) is 2.36. The van der Waals surface area contributed by atoms with Gasteiger partial charge in [-0.3, -0.25) is 9.59 Å². The summed E-state index contributed by atoms with van der Waals surface area (Å²) in [6, 6.07) is 0. The first-order chi connectivity index (χ1) is 9.46. The van der Waals surface area contributed by atoms with E-state index in [2.05, 4.69) is 10.2 Å². The lowest BCUT2D eigenvalue weighted by molar-refractivity contribution is -0.147. The maximum absolute atomic E-state index is 12.3. The Labute approximate surface area is 120 Å². The van der Waals surface area contributed by atoms with Crippen LogP contribution in [0.2, 0.25) is 0 Å². The molecule has 112 valence electrons. The molecule has 0 spiro atoms. The monoisotopic (exact) mass is 280 g/mol. The van der Waals surface area contributed by atoms with E-state index in [1.165, 1.54) is 6.42 Å². The number of carboxylic acid groups (broad SMARTS) is 1. The number of hydrogen-bond donors (Lipinski definition) is 2. The van der Waals surface area contributed by atoms with Crippen LogP contribution >= 0.6 is 0 Å². The van der Waals surface area contributed by atoms with Crippen molar-refractivity contribution in [2.45, 2.75) is 37.6 Å². The van der Waals surface area contributed by atoms with Gasteiger partial charge in [0.1, 0.15) is 0 Å². The Balaban J connectivity index is 1.94. The number of carbonyl (C=O) groups is 2. The Hall–Kier alpha value is -1.36. The van der Waals surface area contributed by atoms with Gasteiger partial charge in [-0.25, -0.2) is 0 Å². The molecule has 2 unspecified atom stereocenters. The van der Waals surface area contributed by atoms with Crippen LogP contribution in [-0.4, -0.2) is 48.1 Å². The number of likely N-dealkylation sites (N-methyl/N-ethyl adjacent to an activating group) is 1. The van der Waals surface area contributed by atoms with E-state index >= 15 is 0 Å². The molecule has 0 saturated heterocycles. The number of nitrogens with one attached hydrogen (secondary N) is 1. The van der Waals surface area contributed by atoms with Gasteiger partial charge >= 0.3 is 5.97 Å². The molecule has 20 heavy (non-hydrogen) atoms. The van der Waals surface area contributed by atoms with Crippen molar-refractivity contribution in [1.29, 1.82) is 0 Å². The third-order valence-corrected chi connectivity index (χ3v) is 4.91. The van der Waals surface area contributed by atoms with E-state index in [0.717, 1.165) is 12.8 Å². The molecular formula is C15H24N2O3. The molecule has 0 bridgehead atoms. The first kappa shape index (κ1) is 15.0. The van der Waals surface area contributed by atoms with Gasteiger partial charge in [-0.2, -0.15) is 0 Å². The minimum Gasteiger partial charge on any atom is -0.481 e. The predicted molar refractivity (Wildman–Crippen MR) is 76.3 cm³/mol. The molecule has 0 aromatic carbocycles. The molecule has 2 N–H and O–H groups in total. The number of hydrogen-bond acceptors (Lipinski definition) is 3. The van der Waals surface area contributed by atoms with Gasteiger partial charge < -0.3 is 15.3 Å². The average molecular weight is 280 g/mol. The summed E-state index contributed by atoms with van der Waals surface area (Å²) in [5.41, 5.74) is 0.0683. The molecule has 1 amide bonds. The molecule has 0 aromatic rings. The highest BCUT2D eigenvalue weighted by Crippen LogP contribution is 2.35. The smallest absolute Gasteiger partial charge is 0.307 e. The quantitative estimate of drug-likeness (QED) is 0.744. The number of allylic oxidation sites excluding steroid dienone is 2. The van der Waals surface area contributed by atoms with E-state index < -0.39 is 17.8 Å². The van der Waals surface area contributed by atoms with Crippen molar-refractivity contribution in [3.63, 3.8) is 0 Å². The molecule has 1 saturated carbocycles. The SMILES string of the molecule is CN(C)C1(CNC(=O)C2CC=CCC2C(=O)O)CCC1. The highest BCUT2D eigenvalue weighted by atomic mass is 16.4. The van der Waals surface area contributed by atoms with Crippen LogP contribution in [-0.2, 0) is 9.59 Å². The van der Waals surface area contributed by atoms with Crippen LogP contribution in [0.15, 0.2) is 12.2 Å². The normalized spacial score (nSPS) is 27.9. The van der Waals surface area contributed by atoms with Gasteiger partial charge in [0.2, 0.25) is 5.91 Å². The summed E-state index contributed by atoms with van der Waals surface area (Å²) in [5, 5.41) is 12.2. The lowest BCUT2D eigenvalue weighted by atomic mass is 9.75. The Bertz CT molecular complexity index is 413. The van der Waals surface area contributed by atoms with E-state index in [1.54, 1.807) is 0 Å². The van der Waals surface area contributed by atoms with Gasteiger partial charge in [0.25, 0.3) is 0 Å². The van der Waals surface area contributed by atoms with Gasteiger partial charge in [0.05, 0.1) is 11.8 Å². The van der Waals surface area contributed by atoms with Crippen LogP contribution in [0.4, 0.5) is 0 Å². The molecule has 1 fully saturated rings. The zero-order valence-electron chi connectivity index (χ0n) is 12.3. The summed E-state index contributed by atoms with van der Waals surface area (Å²) < 4.78 is 0. The molecule has 0 radical (unpaired) electrons. The molecule has 5 heteroatoms. The zero-order valence-corrected chi connectivity index (χ0v) is 12.3. The number of carboxylic acids is 1. The first-order valence-corrected chi connectivity index (χ1v) is 7.29. The molecule has 5 nitrogen and oxygen atoms in total. The Morgan fingerprint density at radius 3 is 2.30 bits per heavy atom. The topological polar surface area (TPSA) is 69.6 Å². The largest absolute Gasteiger partial charge is 0.481 e. The summed E-state index contributed by atoms with van der Waals surface area (Å²) in [6.07, 6.45) is 8.12. The van der Waals surface area contributed by atoms with E-state index in [4.69, 9.17) is 0 Å². The van der Waals surface area contributed by atoms with Crippen molar-refractivity contribution >= 4 is 11.9 Å². The molecule has 2 aliphatic rings. The number of nitrogens with zero attached hydrogens (tertiary/aromatic N) is 1. The number of carbonyl (C=O) groups excluding carboxylic acids is 1. The van der Waals surface area contributed by atoms with Crippen LogP contribution in [0.25, 0.3) is 0 Å². The van der Waals surface area contributed by atoms with Gasteiger partial charge in [0, 0.05) is 12.1 Å². The van der Waals surface area contributed by atoms with E-state index in [1.807, 2.05) is 26.2 Å². The summed E-state index contributed by atoms with van der Waals surface area (Å²) in [4.78, 5) is 25.7. The molecule has 2 atom stereocenters. The lowest BCUT2D eigenvalue weighted by Crippen LogP contribution is -2.58. The lowest BCUT2D eigenvalue weighted by Gasteiger charge is -2.47. The fraction of sp³-hybridized carbons (Fsp3) is 0.733. The maximum atomic E-state index is 12.3. The van der Waals surface area contributed by atoms with Crippen LogP contribution in [0.1, 0.15) is 32.1 Å². The van der Waals surface area contributed by atoms with Crippen molar-refractivity contribution in [1.82, 2.24) is 10.2 Å². The fourth-order valence-corrected chi connectivity index (χ4v) is 3.13. The minimum absolute atomic E-state index is 0.0683. The number of rotatable bonds is 5. The third-order valence-electron chi connectivity index (χ3n) is 4.91. The number of aliphatic carboxylic acids is 1. The van der Waals surface area contributed by atoms with Crippen molar-refractivity contribution in [3.8, 4) is 0 Å². The van der Waals surface area contributed by atoms with Crippen molar-refractivity contribution in [2.75, 3.05) is 20.6 Å². The van der Waals surface area contributed by atoms with Crippen molar-refractivity contribution in [2.24, 2.45) is 11.8 Å². The minimum atomic E-state index is -0.875. The maximum Gasteiger partial charge on any atom is 0.307 e. The second-order valence-corrected chi connectivity index (χ2v) is 6.18. The first-order valence-electron chi connectivity index (χ1n) is 7.29. The third kappa shape index (κ3) is 2.87. The van der Waals surface area contributed by atoms with E-state index in [-0.39, 0.29) is 11.4 Å². The predicted octanol–water partition coefficient (Wildman–Crippen LogP) is 1.25. The van der Waals surface area contributed by atoms with Crippen LogP contribution in [0, 0.1) is 11.8 Å². The van der Waals surface area contributed by atoms with Crippen LogP contribution in [0.3, 0.4) is 0 Å². The molecule has 2 rings (SSSR count). The Morgan fingerprint density at radius 1 is 1.25 bits per heavy atom. The Kier molecular flexibility index (Phi) is 4.48. The molecule has 2 aliphatic carbocycles. The zero-order chi connectivity index (χ0) is 14.8. The highest BCUT2D eigenvalue weighted by molar-refractivity contribution is 5.85. The van der Waals surface area contributed by atoms with Gasteiger partial charge in [0.15, 0.2) is 0 Å². The highest BCUT2D eigenvalue weighted by Gasteiger charge is 2.40. The standard InChI is InChI=1S/C15H24N2O3/c1-17(2)15(8-5-9-15)10-16-13(18)11-6-3-4-7-12(11)14(19)20/h3-4,11-12H,5-10H2,1-2H3,(H,16,18)(H,19,20). The Morgan fingerprint density at radius 2 is 1.85 bits per heavy atom. The van der Waals surface area contributed by atoms with Gasteiger partial charge in [-0.1, -0.05) is 12.2 Å². The molecular weight excluding hydrogens is 256 g/mol. The van der Waals surface area contributed by atoms with Crippen LogP contribution < -0.4 is 5.32 Å². The summed E-state index contributed by atoms with van der Waals surface area (Å²) in [5.74, 6) is -2.01. The van der Waals surface area contributed by atoms with Gasteiger partial charge in [-0.05, 0) is 46.2 Å². The van der Waals surface area contributed by atoms with Crippen molar-refractivity contribution < 1.29 is 14.7 Å². The molecule has 0 aromatic heterocycles. The summed E-state index contributed by atoms with van der Waals surface area (Å²) in [7, 11) is 4.07. The second-order valence-electron chi connectivity index (χ2n) is 6.18. The van der Waals surface area contributed by atoms with Crippen molar-refractivity contribution in [3.05, 3.63) is 12.2 Å². The fourth-order valence-electron chi connectivity index (χ4n) is 3.13. The van der Waals surface area contributed by atoms with Gasteiger partial charge in [-0.15, -0.1) is 0 Å². The summed E-state index contributed by atoms with van der Waals surface area (Å²) in [6.45, 7) is 0.616. The van der Waals surface area contributed by atoms with E-state index in [0.29, 0.717) is 19.4 Å². The number of amides is 1. The van der Waals surface area contributed by atoms with E-state index in [9.17, 15) is 14.7 Å². The van der Waals surface area contributed by atoms with Crippen LogP contribution in [0.5, 0.6) is 0 Å². The second kappa shape index (κ2) is 5.95.